The second-order valence-corrected chi connectivity index (χ2v) is 8.77. The monoisotopic (exact) mass is 321 g/mol. The molecule has 0 N–H and O–H groups in total. The van der Waals surface area contributed by atoms with E-state index in [1.54, 1.807) is 0 Å². The maximum Gasteiger partial charge on any atom is 0.0501 e. The maximum atomic E-state index is 5.21. The molecule has 1 aliphatic rings. The van der Waals surface area contributed by atoms with Crippen LogP contribution in [-0.2, 0) is 0 Å². The fraction of sp³-hybridized carbons (Fsp3) is 0.955. The molecule has 0 radical (unpaired) electrons. The first kappa shape index (κ1) is 20.7. The molecule has 0 amide bonds. The summed E-state index contributed by atoms with van der Waals surface area (Å²) in [5, 5.41) is 0. The van der Waals surface area contributed by atoms with Crippen LogP contribution < -0.4 is 0 Å². The molecule has 1 fully saturated rings. The molecule has 1 heteroatoms. The molecule has 0 heterocycles. The van der Waals surface area contributed by atoms with Crippen molar-refractivity contribution in [3.63, 3.8) is 0 Å². The topological polar surface area (TPSA) is 12.4 Å². The van der Waals surface area contributed by atoms with E-state index in [-0.39, 0.29) is 0 Å². The van der Waals surface area contributed by atoms with Crippen LogP contribution in [0.3, 0.4) is 0 Å². The van der Waals surface area contributed by atoms with Crippen LogP contribution in [0.2, 0.25) is 0 Å². The number of nitrogens with zero attached hydrogens (tertiary/aromatic N) is 1. The standard InChI is InChI=1S/C22H43N/c1-8-9-12-17(4)19(6)23-20(7)22(15-16(2)3)21-14-11-10-13-18(21)5/h16-18,20-22H,8-15H2,1-7H3. The summed E-state index contributed by atoms with van der Waals surface area (Å²) in [5.74, 6) is 4.00. The van der Waals surface area contributed by atoms with Crippen molar-refractivity contribution in [3.8, 4) is 0 Å². The molecule has 1 aliphatic carbocycles. The highest BCUT2D eigenvalue weighted by atomic mass is 14.8. The Bertz CT molecular complexity index is 344. The van der Waals surface area contributed by atoms with Gasteiger partial charge in [0.05, 0.1) is 6.04 Å². The molecule has 1 nitrogen and oxygen atoms in total. The summed E-state index contributed by atoms with van der Waals surface area (Å²) in [4.78, 5) is 5.21. The molecule has 23 heavy (non-hydrogen) atoms. The SMILES string of the molecule is CCCCC(C)C(C)=NC(C)C(CC(C)C)C1CCCCC1C. The lowest BCUT2D eigenvalue weighted by Crippen LogP contribution is -2.33. The molecule has 0 aromatic carbocycles. The molecule has 1 saturated carbocycles. The van der Waals surface area contributed by atoms with Crippen LogP contribution in [0.1, 0.15) is 99.8 Å². The van der Waals surface area contributed by atoms with E-state index in [2.05, 4.69) is 48.5 Å². The first-order valence-electron chi connectivity index (χ1n) is 10.4. The lowest BCUT2D eigenvalue weighted by atomic mass is 9.69. The van der Waals surface area contributed by atoms with Gasteiger partial charge in [0, 0.05) is 5.71 Å². The quantitative estimate of drug-likeness (QED) is 0.400. The molecule has 5 atom stereocenters. The second-order valence-electron chi connectivity index (χ2n) is 8.77. The van der Waals surface area contributed by atoms with Crippen molar-refractivity contribution in [1.82, 2.24) is 0 Å². The van der Waals surface area contributed by atoms with Crippen LogP contribution in [-0.4, -0.2) is 11.8 Å². The van der Waals surface area contributed by atoms with Gasteiger partial charge in [0.1, 0.15) is 0 Å². The van der Waals surface area contributed by atoms with Gasteiger partial charge in [-0.05, 0) is 62.7 Å². The average molecular weight is 322 g/mol. The molecule has 0 saturated heterocycles. The van der Waals surface area contributed by atoms with Crippen LogP contribution in [0.15, 0.2) is 4.99 Å². The molecule has 136 valence electrons. The second kappa shape index (κ2) is 10.5. The maximum absolute atomic E-state index is 5.21. The Morgan fingerprint density at radius 2 is 1.74 bits per heavy atom. The van der Waals surface area contributed by atoms with Crippen LogP contribution in [0.25, 0.3) is 0 Å². The van der Waals surface area contributed by atoms with Crippen LogP contribution >= 0.6 is 0 Å². The van der Waals surface area contributed by atoms with Gasteiger partial charge in [-0.1, -0.05) is 66.7 Å². The number of aliphatic imine (C=N–C) groups is 1. The third kappa shape index (κ3) is 6.98. The Labute approximate surface area is 146 Å². The predicted molar refractivity (Wildman–Crippen MR) is 105 cm³/mol. The third-order valence-electron chi connectivity index (χ3n) is 6.20. The lowest BCUT2D eigenvalue weighted by molar-refractivity contribution is 0.137. The van der Waals surface area contributed by atoms with E-state index < -0.39 is 0 Å². The largest absolute Gasteiger partial charge is 0.291 e. The van der Waals surface area contributed by atoms with E-state index in [0.717, 1.165) is 23.7 Å². The van der Waals surface area contributed by atoms with Gasteiger partial charge in [-0.3, -0.25) is 4.99 Å². The Hall–Kier alpha value is -0.330. The molecule has 1 rings (SSSR count). The zero-order chi connectivity index (χ0) is 17.4. The minimum atomic E-state index is 0.493. The molecule has 0 aromatic heterocycles. The fourth-order valence-electron chi connectivity index (χ4n) is 4.52. The van der Waals surface area contributed by atoms with E-state index in [4.69, 9.17) is 4.99 Å². The number of hydrogen-bond donors (Lipinski definition) is 0. The number of hydrogen-bond acceptors (Lipinski definition) is 1. The van der Waals surface area contributed by atoms with Gasteiger partial charge < -0.3 is 0 Å². The molecule has 0 aliphatic heterocycles. The molecule has 0 bridgehead atoms. The summed E-state index contributed by atoms with van der Waals surface area (Å²) in [6.45, 7) is 16.6. The predicted octanol–water partition coefficient (Wildman–Crippen LogP) is 7.15. The van der Waals surface area contributed by atoms with Gasteiger partial charge in [-0.15, -0.1) is 0 Å². The van der Waals surface area contributed by atoms with Gasteiger partial charge in [0.25, 0.3) is 0 Å². The van der Waals surface area contributed by atoms with Crippen molar-refractivity contribution in [2.45, 2.75) is 106 Å². The Kier molecular flexibility index (Phi) is 9.47. The van der Waals surface area contributed by atoms with Gasteiger partial charge in [-0.25, -0.2) is 0 Å². The zero-order valence-electron chi connectivity index (χ0n) is 17.1. The minimum absolute atomic E-state index is 0.493. The summed E-state index contributed by atoms with van der Waals surface area (Å²) in [5.41, 5.74) is 1.39. The molecular formula is C22H43N. The smallest absolute Gasteiger partial charge is 0.0501 e. The Balaban J connectivity index is 2.79. The summed E-state index contributed by atoms with van der Waals surface area (Å²) in [6.07, 6.45) is 11.0. The summed E-state index contributed by atoms with van der Waals surface area (Å²) >= 11 is 0. The summed E-state index contributed by atoms with van der Waals surface area (Å²) in [6, 6.07) is 0.493. The van der Waals surface area contributed by atoms with E-state index in [0.29, 0.717) is 12.0 Å². The highest BCUT2D eigenvalue weighted by molar-refractivity contribution is 5.84. The van der Waals surface area contributed by atoms with Crippen molar-refractivity contribution < 1.29 is 0 Å². The Morgan fingerprint density at radius 3 is 2.30 bits per heavy atom. The fourth-order valence-corrected chi connectivity index (χ4v) is 4.52. The van der Waals surface area contributed by atoms with Gasteiger partial charge in [-0.2, -0.15) is 0 Å². The van der Waals surface area contributed by atoms with Crippen molar-refractivity contribution in [3.05, 3.63) is 0 Å². The first-order valence-corrected chi connectivity index (χ1v) is 10.4. The van der Waals surface area contributed by atoms with Crippen molar-refractivity contribution in [1.29, 1.82) is 0 Å². The average Bonchev–Trinajstić information content (AvgIpc) is 2.50. The normalized spacial score (nSPS) is 27.0. The Morgan fingerprint density at radius 1 is 1.09 bits per heavy atom. The van der Waals surface area contributed by atoms with Crippen LogP contribution in [0.5, 0.6) is 0 Å². The highest BCUT2D eigenvalue weighted by Crippen LogP contribution is 2.40. The molecule has 0 aromatic rings. The zero-order valence-corrected chi connectivity index (χ0v) is 17.1. The highest BCUT2D eigenvalue weighted by Gasteiger charge is 2.33. The number of unbranched alkanes of at least 4 members (excludes halogenated alkanes) is 1. The van der Waals surface area contributed by atoms with Crippen molar-refractivity contribution in [2.24, 2.45) is 34.6 Å². The first-order chi connectivity index (χ1) is 10.9. The van der Waals surface area contributed by atoms with Crippen molar-refractivity contribution in [2.75, 3.05) is 0 Å². The van der Waals surface area contributed by atoms with Crippen LogP contribution in [0.4, 0.5) is 0 Å². The summed E-state index contributed by atoms with van der Waals surface area (Å²) in [7, 11) is 0. The summed E-state index contributed by atoms with van der Waals surface area (Å²) < 4.78 is 0. The van der Waals surface area contributed by atoms with Crippen LogP contribution in [0, 0.1) is 29.6 Å². The number of rotatable bonds is 9. The molecule has 5 unspecified atom stereocenters. The van der Waals surface area contributed by atoms with Gasteiger partial charge in [0.15, 0.2) is 0 Å². The van der Waals surface area contributed by atoms with E-state index >= 15 is 0 Å². The van der Waals surface area contributed by atoms with Gasteiger partial charge >= 0.3 is 0 Å². The molecule has 0 spiro atoms. The van der Waals surface area contributed by atoms with E-state index in [1.165, 1.54) is 57.1 Å². The van der Waals surface area contributed by atoms with Crippen molar-refractivity contribution >= 4 is 5.71 Å². The van der Waals surface area contributed by atoms with E-state index in [1.807, 2.05) is 0 Å². The van der Waals surface area contributed by atoms with Gasteiger partial charge in [0.2, 0.25) is 0 Å². The third-order valence-corrected chi connectivity index (χ3v) is 6.20. The minimum Gasteiger partial charge on any atom is -0.291 e. The molecular weight excluding hydrogens is 278 g/mol. The van der Waals surface area contributed by atoms with E-state index in [9.17, 15) is 0 Å². The lowest BCUT2D eigenvalue weighted by Gasteiger charge is -2.38.